The van der Waals surface area contributed by atoms with Crippen molar-refractivity contribution in [3.05, 3.63) is 47.2 Å². The van der Waals surface area contributed by atoms with Crippen molar-refractivity contribution in [2.75, 3.05) is 42.3 Å². The van der Waals surface area contributed by atoms with Crippen LogP contribution in [0.15, 0.2) is 30.5 Å². The van der Waals surface area contributed by atoms with Crippen molar-refractivity contribution in [3.63, 3.8) is 0 Å². The van der Waals surface area contributed by atoms with Crippen molar-refractivity contribution in [3.8, 4) is 0 Å². The number of piperidine rings is 1. The quantitative estimate of drug-likeness (QED) is 0.484. The number of nitrogens with one attached hydrogen (secondary N) is 2. The maximum Gasteiger partial charge on any atom is 0.224 e. The molecular formula is C22H30N6O3S. The predicted molar refractivity (Wildman–Crippen MR) is 128 cm³/mol. The number of sulfone groups is 1. The van der Waals surface area contributed by atoms with E-state index in [1.165, 1.54) is 6.26 Å². The van der Waals surface area contributed by atoms with E-state index in [1.807, 2.05) is 31.2 Å². The topological polar surface area (TPSA) is 130 Å². The lowest BCUT2D eigenvalue weighted by atomic mass is 10.0. The molecule has 0 spiro atoms. The van der Waals surface area contributed by atoms with E-state index in [9.17, 15) is 13.2 Å². The van der Waals surface area contributed by atoms with E-state index in [0.29, 0.717) is 36.0 Å². The molecule has 4 N–H and O–H groups in total. The summed E-state index contributed by atoms with van der Waals surface area (Å²) in [5.74, 6) is 0.977. The van der Waals surface area contributed by atoms with Gasteiger partial charge in [-0.15, -0.1) is 0 Å². The fraction of sp³-hybridized carbons (Fsp3) is 0.409. The maximum atomic E-state index is 11.4. The van der Waals surface area contributed by atoms with Gasteiger partial charge in [-0.25, -0.2) is 13.4 Å². The smallest absolute Gasteiger partial charge is 0.224 e. The molecule has 1 amide bonds. The number of carbonyl (C=O) groups is 1. The van der Waals surface area contributed by atoms with Crippen LogP contribution >= 0.6 is 0 Å². The molecule has 1 aromatic heterocycles. The first-order chi connectivity index (χ1) is 15.2. The number of likely N-dealkylation sites (tertiary alicyclic amines) is 1. The standard InChI is InChI=1S/C22H30N6O3S/c1-16-5-3-4-6-19(16)20(23)13-17-14-24-22(27-21(17)25-15-29)26-18-7-9-28(10-8-18)11-12-32(2,30)31/h3-6,13-15,18H,7-12,23H2,1-2H3,(H2,24,25,26,27,29)/b20-13-. The number of rotatable bonds is 9. The van der Waals surface area contributed by atoms with E-state index in [4.69, 9.17) is 5.73 Å². The van der Waals surface area contributed by atoms with E-state index in [2.05, 4.69) is 25.5 Å². The van der Waals surface area contributed by atoms with Crippen LogP contribution in [0.3, 0.4) is 0 Å². The van der Waals surface area contributed by atoms with E-state index < -0.39 is 9.84 Å². The second-order valence-electron chi connectivity index (χ2n) is 8.06. The lowest BCUT2D eigenvalue weighted by Gasteiger charge is -2.32. The molecule has 172 valence electrons. The molecule has 0 unspecified atom stereocenters. The molecule has 0 radical (unpaired) electrons. The van der Waals surface area contributed by atoms with Crippen LogP contribution in [-0.2, 0) is 14.6 Å². The minimum Gasteiger partial charge on any atom is -0.398 e. The Balaban J connectivity index is 1.67. The van der Waals surface area contributed by atoms with Crippen LogP contribution in [0, 0.1) is 6.92 Å². The summed E-state index contributed by atoms with van der Waals surface area (Å²) in [7, 11) is -2.96. The third-order valence-electron chi connectivity index (χ3n) is 5.48. The summed E-state index contributed by atoms with van der Waals surface area (Å²) in [6, 6.07) is 7.96. The van der Waals surface area contributed by atoms with Crippen LogP contribution in [0.25, 0.3) is 11.8 Å². The Kier molecular flexibility index (Phi) is 7.81. The van der Waals surface area contributed by atoms with Gasteiger partial charge in [0.15, 0.2) is 0 Å². The fourth-order valence-electron chi connectivity index (χ4n) is 3.66. The van der Waals surface area contributed by atoms with E-state index in [-0.39, 0.29) is 11.8 Å². The maximum absolute atomic E-state index is 11.4. The zero-order valence-electron chi connectivity index (χ0n) is 18.4. The molecule has 1 aromatic carbocycles. The molecule has 0 aliphatic carbocycles. The summed E-state index contributed by atoms with van der Waals surface area (Å²) in [5.41, 5.74) is 9.41. The number of anilines is 2. The van der Waals surface area contributed by atoms with Gasteiger partial charge in [0, 0.05) is 55.0 Å². The summed E-state index contributed by atoms with van der Waals surface area (Å²) < 4.78 is 22.7. The van der Waals surface area contributed by atoms with Crippen LogP contribution in [-0.4, -0.2) is 67.4 Å². The minimum atomic E-state index is -2.96. The van der Waals surface area contributed by atoms with E-state index >= 15 is 0 Å². The molecule has 2 heterocycles. The minimum absolute atomic E-state index is 0.173. The Morgan fingerprint density at radius 2 is 2.00 bits per heavy atom. The number of carbonyl (C=O) groups excluding carboxylic acids is 1. The molecule has 1 saturated heterocycles. The first-order valence-corrected chi connectivity index (χ1v) is 12.6. The number of hydrogen-bond donors (Lipinski definition) is 3. The Morgan fingerprint density at radius 3 is 2.66 bits per heavy atom. The molecule has 3 rings (SSSR count). The van der Waals surface area contributed by atoms with Gasteiger partial charge in [0.2, 0.25) is 12.4 Å². The van der Waals surface area contributed by atoms with Gasteiger partial charge in [0.25, 0.3) is 0 Å². The summed E-state index contributed by atoms with van der Waals surface area (Å²) in [6.45, 7) is 4.15. The summed E-state index contributed by atoms with van der Waals surface area (Å²) >= 11 is 0. The second kappa shape index (κ2) is 10.6. The molecule has 0 atom stereocenters. The van der Waals surface area contributed by atoms with Crippen molar-refractivity contribution in [2.24, 2.45) is 5.73 Å². The van der Waals surface area contributed by atoms with Crippen molar-refractivity contribution < 1.29 is 13.2 Å². The zero-order chi connectivity index (χ0) is 23.1. The first kappa shape index (κ1) is 23.7. The van der Waals surface area contributed by atoms with Crippen LogP contribution in [0.5, 0.6) is 0 Å². The summed E-state index contributed by atoms with van der Waals surface area (Å²) in [5, 5.41) is 5.95. The molecule has 0 bridgehead atoms. The highest BCUT2D eigenvalue weighted by Crippen LogP contribution is 2.22. The highest BCUT2D eigenvalue weighted by atomic mass is 32.2. The Morgan fingerprint density at radius 1 is 1.28 bits per heavy atom. The van der Waals surface area contributed by atoms with Crippen molar-refractivity contribution in [2.45, 2.75) is 25.8 Å². The highest BCUT2D eigenvalue weighted by Gasteiger charge is 2.21. The van der Waals surface area contributed by atoms with Crippen molar-refractivity contribution in [1.29, 1.82) is 0 Å². The number of amides is 1. The average molecular weight is 459 g/mol. The van der Waals surface area contributed by atoms with Crippen LogP contribution in [0.2, 0.25) is 0 Å². The van der Waals surface area contributed by atoms with Gasteiger partial charge in [-0.1, -0.05) is 24.3 Å². The number of hydrogen-bond acceptors (Lipinski definition) is 8. The summed E-state index contributed by atoms with van der Waals surface area (Å²) in [4.78, 5) is 22.1. The van der Waals surface area contributed by atoms with Crippen molar-refractivity contribution >= 4 is 39.8 Å². The van der Waals surface area contributed by atoms with Gasteiger partial charge in [-0.05, 0) is 31.4 Å². The molecule has 10 heteroatoms. The van der Waals surface area contributed by atoms with E-state index in [1.54, 1.807) is 12.3 Å². The molecule has 32 heavy (non-hydrogen) atoms. The van der Waals surface area contributed by atoms with Gasteiger partial charge in [-0.3, -0.25) is 4.79 Å². The Labute approximate surface area is 189 Å². The number of aromatic nitrogens is 2. The lowest BCUT2D eigenvalue weighted by molar-refractivity contribution is -0.105. The third kappa shape index (κ3) is 6.76. The normalized spacial score (nSPS) is 16.0. The number of aryl methyl sites for hydroxylation is 1. The molecule has 1 aliphatic rings. The molecule has 9 nitrogen and oxygen atoms in total. The molecule has 0 saturated carbocycles. The average Bonchev–Trinajstić information content (AvgIpc) is 2.75. The Bertz CT molecular complexity index is 1080. The number of nitrogens with two attached hydrogens (primary N) is 1. The second-order valence-corrected chi connectivity index (χ2v) is 10.3. The van der Waals surface area contributed by atoms with Crippen LogP contribution in [0.4, 0.5) is 11.8 Å². The first-order valence-electron chi connectivity index (χ1n) is 10.5. The molecule has 2 aromatic rings. The van der Waals surface area contributed by atoms with Crippen LogP contribution in [0.1, 0.15) is 29.5 Å². The molecule has 1 aliphatic heterocycles. The molecule has 1 fully saturated rings. The fourth-order valence-corrected chi connectivity index (χ4v) is 4.25. The monoisotopic (exact) mass is 458 g/mol. The van der Waals surface area contributed by atoms with Gasteiger partial charge in [-0.2, -0.15) is 4.98 Å². The predicted octanol–water partition coefficient (Wildman–Crippen LogP) is 1.73. The van der Waals surface area contributed by atoms with Crippen molar-refractivity contribution in [1.82, 2.24) is 14.9 Å². The van der Waals surface area contributed by atoms with Gasteiger partial charge in [0.05, 0.1) is 5.75 Å². The van der Waals surface area contributed by atoms with Gasteiger partial charge in [0.1, 0.15) is 15.7 Å². The summed E-state index contributed by atoms with van der Waals surface area (Å²) in [6.07, 6.45) is 6.92. The van der Waals surface area contributed by atoms with Gasteiger partial charge < -0.3 is 21.3 Å². The number of nitrogens with zero attached hydrogens (tertiary/aromatic N) is 3. The van der Waals surface area contributed by atoms with Gasteiger partial charge >= 0.3 is 0 Å². The molecular weight excluding hydrogens is 428 g/mol. The Hall–Kier alpha value is -2.98. The largest absolute Gasteiger partial charge is 0.398 e. The number of benzene rings is 1. The van der Waals surface area contributed by atoms with E-state index in [0.717, 1.165) is 37.1 Å². The SMILES string of the molecule is Cc1ccccc1/C(N)=C/c1cnc(NC2CCN(CCS(C)(=O)=O)CC2)nc1NC=O. The highest BCUT2D eigenvalue weighted by molar-refractivity contribution is 7.90. The lowest BCUT2D eigenvalue weighted by Crippen LogP contribution is -2.41. The zero-order valence-corrected chi connectivity index (χ0v) is 19.2. The van der Waals surface area contributed by atoms with Crippen LogP contribution < -0.4 is 16.4 Å². The third-order valence-corrected chi connectivity index (χ3v) is 6.40.